The average Bonchev–Trinajstić information content (AvgIpc) is 0.918. The normalized spacial score (nSPS) is 3.40. The van der Waals surface area contributed by atoms with E-state index in [1.165, 1.54) is 21.6 Å². The average molecular weight is 220 g/mol. The second-order valence-corrected chi connectivity index (χ2v) is 2.12. The SMILES string of the molecule is Br.Br.C[CH2][AlH2]. The lowest BCUT2D eigenvalue weighted by Gasteiger charge is -1.44. The van der Waals surface area contributed by atoms with Crippen molar-refractivity contribution in [3.63, 3.8) is 0 Å². The molecule has 0 N–H and O–H groups in total. The molecule has 0 saturated carbocycles. The third kappa shape index (κ3) is 30.1. The van der Waals surface area contributed by atoms with Crippen LogP contribution in [0.5, 0.6) is 0 Å². The fourth-order valence-corrected chi connectivity index (χ4v) is 0. The van der Waals surface area contributed by atoms with Gasteiger partial charge in [0.2, 0.25) is 16.3 Å². The van der Waals surface area contributed by atoms with Crippen LogP contribution in [0.2, 0.25) is 5.28 Å². The zero-order chi connectivity index (χ0) is 2.71. The van der Waals surface area contributed by atoms with E-state index in [2.05, 4.69) is 6.92 Å². The minimum Gasteiger partial charge on any atom is -0.114 e. The molecule has 0 amide bonds. The number of hydrogen-bond acceptors (Lipinski definition) is 0. The van der Waals surface area contributed by atoms with Crippen molar-refractivity contribution >= 4 is 50.3 Å². The summed E-state index contributed by atoms with van der Waals surface area (Å²) >= 11 is 1.37. The smallest absolute Gasteiger partial charge is 0.114 e. The van der Waals surface area contributed by atoms with E-state index < -0.39 is 0 Å². The molecular formula is C2H9AlBr2. The van der Waals surface area contributed by atoms with Crippen LogP contribution < -0.4 is 0 Å². The Labute approximate surface area is 62.3 Å². The van der Waals surface area contributed by atoms with Crippen LogP contribution in [-0.4, -0.2) is 16.3 Å². The Balaban J connectivity index is -0.0000000200. The Hall–Kier alpha value is 1.49. The molecule has 34 valence electrons. The molecule has 0 unspecified atom stereocenters. The van der Waals surface area contributed by atoms with E-state index in [4.69, 9.17) is 0 Å². The van der Waals surface area contributed by atoms with Gasteiger partial charge in [0.1, 0.15) is 0 Å². The van der Waals surface area contributed by atoms with Crippen LogP contribution in [0.4, 0.5) is 0 Å². The van der Waals surface area contributed by atoms with Crippen LogP contribution in [0.25, 0.3) is 0 Å². The summed E-state index contributed by atoms with van der Waals surface area (Å²) in [5, 5.41) is 1.39. The molecule has 0 aliphatic rings. The molecule has 0 atom stereocenters. The summed E-state index contributed by atoms with van der Waals surface area (Å²) in [4.78, 5) is 0. The third-order valence-corrected chi connectivity index (χ3v) is 0. The molecule has 0 rings (SSSR count). The standard InChI is InChI=1S/C2H5.Al.2BrH.2H/c1-2;;;;;/h1H2,2H3;;2*1H;;. The van der Waals surface area contributed by atoms with Gasteiger partial charge in [-0.2, -0.15) is 0 Å². The molecule has 0 heterocycles. The van der Waals surface area contributed by atoms with Crippen molar-refractivity contribution < 1.29 is 0 Å². The van der Waals surface area contributed by atoms with Crippen molar-refractivity contribution in [2.45, 2.75) is 12.2 Å². The molecule has 0 nitrogen and oxygen atoms in total. The molecule has 0 aliphatic heterocycles. The van der Waals surface area contributed by atoms with Gasteiger partial charge in [-0.25, -0.2) is 0 Å². The topological polar surface area (TPSA) is 0 Å². The van der Waals surface area contributed by atoms with E-state index in [0.717, 1.165) is 0 Å². The van der Waals surface area contributed by atoms with E-state index in [9.17, 15) is 0 Å². The minimum absolute atomic E-state index is 0. The van der Waals surface area contributed by atoms with Gasteiger partial charge in [0, 0.05) is 0 Å². The summed E-state index contributed by atoms with van der Waals surface area (Å²) in [6, 6.07) is 0. The van der Waals surface area contributed by atoms with Crippen LogP contribution in [-0.2, 0) is 0 Å². The Kier molecular flexibility index (Phi) is 57.3. The first-order chi connectivity index (χ1) is 1.41. The molecule has 0 fully saturated rings. The molecule has 0 aliphatic carbocycles. The molecule has 0 saturated heterocycles. The van der Waals surface area contributed by atoms with Crippen molar-refractivity contribution in [3.8, 4) is 0 Å². The van der Waals surface area contributed by atoms with E-state index in [1.54, 1.807) is 0 Å². The first kappa shape index (κ1) is 16.1. The first-order valence-corrected chi connectivity index (χ1v) is 2.83. The Bertz CT molecular complexity index is 7.61. The molecule has 0 bridgehead atoms. The third-order valence-electron chi connectivity index (χ3n) is 0. The van der Waals surface area contributed by atoms with E-state index in [1.807, 2.05) is 0 Å². The van der Waals surface area contributed by atoms with Gasteiger partial charge >= 0.3 is 0 Å². The van der Waals surface area contributed by atoms with Gasteiger partial charge in [0.05, 0.1) is 0 Å². The summed E-state index contributed by atoms with van der Waals surface area (Å²) in [6.45, 7) is 2.19. The predicted molar refractivity (Wildman–Crippen MR) is 39.7 cm³/mol. The Morgan fingerprint density at radius 1 is 1.40 bits per heavy atom. The van der Waals surface area contributed by atoms with Crippen LogP contribution in [0.1, 0.15) is 6.92 Å². The molecule has 5 heavy (non-hydrogen) atoms. The van der Waals surface area contributed by atoms with Gasteiger partial charge in [-0.3, -0.25) is 0 Å². The fourth-order valence-electron chi connectivity index (χ4n) is 0. The lowest BCUT2D eigenvalue weighted by atomic mass is 11.0. The van der Waals surface area contributed by atoms with Crippen molar-refractivity contribution in [3.05, 3.63) is 0 Å². The maximum absolute atomic E-state index is 2.19. The number of hydrogen-bond donors (Lipinski definition) is 0. The molecular weight excluding hydrogens is 211 g/mol. The monoisotopic (exact) mass is 218 g/mol. The molecule has 0 aromatic carbocycles. The Morgan fingerprint density at radius 3 is 1.40 bits per heavy atom. The summed E-state index contributed by atoms with van der Waals surface area (Å²) in [6.07, 6.45) is 0. The zero-order valence-corrected chi connectivity index (χ0v) is 8.95. The molecule has 0 aromatic rings. The minimum atomic E-state index is 0. The van der Waals surface area contributed by atoms with Crippen LogP contribution in [0, 0.1) is 0 Å². The largest absolute Gasteiger partial charge is 0.211 e. The fraction of sp³-hybridized carbons (Fsp3) is 1.00. The maximum Gasteiger partial charge on any atom is 0.211 e. The Morgan fingerprint density at radius 2 is 1.40 bits per heavy atom. The van der Waals surface area contributed by atoms with Crippen molar-refractivity contribution in [2.75, 3.05) is 0 Å². The molecule has 0 aromatic heterocycles. The summed E-state index contributed by atoms with van der Waals surface area (Å²) in [5.74, 6) is 0. The number of halogens is 2. The number of rotatable bonds is 0. The maximum atomic E-state index is 2.19. The highest BCUT2D eigenvalue weighted by molar-refractivity contribution is 8.93. The molecule has 0 spiro atoms. The lowest BCUT2D eigenvalue weighted by Crippen LogP contribution is -1.41. The van der Waals surface area contributed by atoms with Gasteiger partial charge in [-0.15, -0.1) is 39.2 Å². The molecule has 3 heteroatoms. The van der Waals surface area contributed by atoms with Gasteiger partial charge < -0.3 is 0 Å². The highest BCUT2D eigenvalue weighted by Gasteiger charge is 1.41. The van der Waals surface area contributed by atoms with Gasteiger partial charge in [-0.1, -0.05) is 6.92 Å². The van der Waals surface area contributed by atoms with E-state index in [-0.39, 0.29) is 34.0 Å². The zero-order valence-electron chi connectivity index (χ0n) is 3.52. The van der Waals surface area contributed by atoms with Crippen LogP contribution in [0.15, 0.2) is 0 Å². The van der Waals surface area contributed by atoms with Gasteiger partial charge in [-0.05, 0) is 0 Å². The summed E-state index contributed by atoms with van der Waals surface area (Å²) < 4.78 is 0. The van der Waals surface area contributed by atoms with Gasteiger partial charge in [0.25, 0.3) is 0 Å². The van der Waals surface area contributed by atoms with Crippen LogP contribution in [0.3, 0.4) is 0 Å². The van der Waals surface area contributed by atoms with E-state index in [0.29, 0.717) is 0 Å². The van der Waals surface area contributed by atoms with Crippen LogP contribution >= 0.6 is 34.0 Å². The molecule has 0 radical (unpaired) electrons. The highest BCUT2D eigenvalue weighted by atomic mass is 79.9. The quantitative estimate of drug-likeness (QED) is 0.538. The highest BCUT2D eigenvalue weighted by Crippen LogP contribution is 1.49. The van der Waals surface area contributed by atoms with Crippen molar-refractivity contribution in [1.29, 1.82) is 0 Å². The second-order valence-electron chi connectivity index (χ2n) is 0.707. The van der Waals surface area contributed by atoms with Gasteiger partial charge in [0.15, 0.2) is 0 Å². The summed E-state index contributed by atoms with van der Waals surface area (Å²) in [5.41, 5.74) is 0. The predicted octanol–water partition coefficient (Wildman–Crippen LogP) is 1.21. The lowest BCUT2D eigenvalue weighted by molar-refractivity contribution is 1.48. The second kappa shape index (κ2) is 17.8. The summed E-state index contributed by atoms with van der Waals surface area (Å²) in [7, 11) is 0. The van der Waals surface area contributed by atoms with Crippen molar-refractivity contribution in [2.24, 2.45) is 0 Å². The van der Waals surface area contributed by atoms with E-state index >= 15 is 0 Å². The van der Waals surface area contributed by atoms with Crippen molar-refractivity contribution in [1.82, 2.24) is 0 Å². The first-order valence-electron chi connectivity index (χ1n) is 1.41.